The molecule has 1 aromatic carbocycles. The second kappa shape index (κ2) is 8.68. The maximum atomic E-state index is 12.8. The number of amides is 2. The highest BCUT2D eigenvalue weighted by molar-refractivity contribution is 5.93. The minimum atomic E-state index is -0.107. The molecule has 4 rings (SSSR count). The van der Waals surface area contributed by atoms with Gasteiger partial charge in [0.2, 0.25) is 5.91 Å². The zero-order valence-corrected chi connectivity index (χ0v) is 16.0. The van der Waals surface area contributed by atoms with Crippen molar-refractivity contribution in [1.82, 2.24) is 25.4 Å². The van der Waals surface area contributed by atoms with Crippen LogP contribution in [0, 0.1) is 5.92 Å². The number of benzene rings is 1. The molecule has 1 saturated heterocycles. The lowest BCUT2D eigenvalue weighted by Gasteiger charge is -2.30. The molecule has 1 aliphatic heterocycles. The molecule has 2 aromatic heterocycles. The van der Waals surface area contributed by atoms with Crippen LogP contribution in [0.5, 0.6) is 0 Å². The standard InChI is InChI=1S/C22H23N5O2/c28-21(24-15-16-4-2-1-3-5-16)18-8-12-27(13-9-18)22(29)20-14-19(25-26-20)17-6-10-23-11-7-17/h1-7,10-11,14,18H,8-9,12-13,15H2,(H,24,28)(H,25,26). The summed E-state index contributed by atoms with van der Waals surface area (Å²) in [4.78, 5) is 31.0. The molecule has 0 aliphatic carbocycles. The molecule has 2 amide bonds. The van der Waals surface area contributed by atoms with Gasteiger partial charge < -0.3 is 10.2 Å². The quantitative estimate of drug-likeness (QED) is 0.702. The Kier molecular flexibility index (Phi) is 5.65. The van der Waals surface area contributed by atoms with Gasteiger partial charge >= 0.3 is 0 Å². The molecule has 1 aliphatic rings. The third kappa shape index (κ3) is 4.51. The third-order valence-electron chi connectivity index (χ3n) is 5.25. The van der Waals surface area contributed by atoms with Crippen LogP contribution in [0.25, 0.3) is 11.3 Å². The maximum absolute atomic E-state index is 12.8. The summed E-state index contributed by atoms with van der Waals surface area (Å²) in [5, 5.41) is 10.1. The van der Waals surface area contributed by atoms with E-state index < -0.39 is 0 Å². The average Bonchev–Trinajstić information content (AvgIpc) is 3.29. The second-order valence-electron chi connectivity index (χ2n) is 7.17. The Bertz CT molecular complexity index is 963. The fourth-order valence-electron chi connectivity index (χ4n) is 3.55. The predicted molar refractivity (Wildman–Crippen MR) is 109 cm³/mol. The Hall–Kier alpha value is -3.48. The number of likely N-dealkylation sites (tertiary alicyclic amines) is 1. The topological polar surface area (TPSA) is 91.0 Å². The molecule has 0 spiro atoms. The molecule has 2 N–H and O–H groups in total. The maximum Gasteiger partial charge on any atom is 0.274 e. The van der Waals surface area contributed by atoms with Gasteiger partial charge in [0, 0.05) is 43.5 Å². The average molecular weight is 389 g/mol. The van der Waals surface area contributed by atoms with E-state index in [4.69, 9.17) is 0 Å². The van der Waals surface area contributed by atoms with Crippen molar-refractivity contribution >= 4 is 11.8 Å². The number of hydrogen-bond donors (Lipinski definition) is 2. The summed E-state index contributed by atoms with van der Waals surface area (Å²) in [7, 11) is 0. The molecule has 0 unspecified atom stereocenters. The molecular weight excluding hydrogens is 366 g/mol. The molecule has 0 saturated carbocycles. The van der Waals surface area contributed by atoms with Gasteiger partial charge in [0.05, 0.1) is 5.69 Å². The number of aromatic amines is 1. The van der Waals surface area contributed by atoms with E-state index >= 15 is 0 Å². The molecule has 7 nitrogen and oxygen atoms in total. The lowest BCUT2D eigenvalue weighted by Crippen LogP contribution is -2.43. The number of pyridine rings is 1. The molecule has 0 radical (unpaired) electrons. The predicted octanol–water partition coefficient (Wildman–Crippen LogP) is 2.64. The Balaban J connectivity index is 1.29. The van der Waals surface area contributed by atoms with Crippen LogP contribution in [-0.4, -0.2) is 45.0 Å². The summed E-state index contributed by atoms with van der Waals surface area (Å²) in [5.74, 6) is -0.111. The summed E-state index contributed by atoms with van der Waals surface area (Å²) >= 11 is 0. The van der Waals surface area contributed by atoms with Crippen molar-refractivity contribution in [1.29, 1.82) is 0 Å². The van der Waals surface area contributed by atoms with Crippen molar-refractivity contribution in [2.45, 2.75) is 19.4 Å². The van der Waals surface area contributed by atoms with Crippen molar-refractivity contribution < 1.29 is 9.59 Å². The van der Waals surface area contributed by atoms with Crippen molar-refractivity contribution in [2.24, 2.45) is 5.92 Å². The fraction of sp³-hybridized carbons (Fsp3) is 0.273. The number of carbonyl (C=O) groups is 2. The Morgan fingerprint density at radius 3 is 2.52 bits per heavy atom. The molecular formula is C22H23N5O2. The van der Waals surface area contributed by atoms with Crippen LogP contribution in [0.1, 0.15) is 28.9 Å². The van der Waals surface area contributed by atoms with Crippen LogP contribution in [0.4, 0.5) is 0 Å². The molecule has 3 heterocycles. The smallest absolute Gasteiger partial charge is 0.274 e. The zero-order valence-electron chi connectivity index (χ0n) is 16.0. The molecule has 0 atom stereocenters. The van der Waals surface area contributed by atoms with Gasteiger partial charge in [0.25, 0.3) is 5.91 Å². The third-order valence-corrected chi connectivity index (χ3v) is 5.25. The summed E-state index contributed by atoms with van der Waals surface area (Å²) in [5.41, 5.74) is 3.19. The van der Waals surface area contributed by atoms with Crippen LogP contribution >= 0.6 is 0 Å². The largest absolute Gasteiger partial charge is 0.352 e. The highest BCUT2D eigenvalue weighted by Crippen LogP contribution is 2.21. The first kappa shape index (κ1) is 18.9. The summed E-state index contributed by atoms with van der Waals surface area (Å²) in [6.45, 7) is 1.64. The van der Waals surface area contributed by atoms with E-state index in [0.29, 0.717) is 38.2 Å². The van der Waals surface area contributed by atoms with Crippen LogP contribution in [0.2, 0.25) is 0 Å². The van der Waals surface area contributed by atoms with Crippen molar-refractivity contribution in [3.05, 3.63) is 72.2 Å². The SMILES string of the molecule is O=C(NCc1ccccc1)C1CCN(C(=O)c2cc(-c3ccncc3)[nH]n2)CC1. The number of hydrogen-bond acceptors (Lipinski definition) is 4. The zero-order chi connectivity index (χ0) is 20.1. The van der Waals surface area contributed by atoms with E-state index in [2.05, 4.69) is 20.5 Å². The van der Waals surface area contributed by atoms with Gasteiger partial charge in [-0.2, -0.15) is 5.10 Å². The van der Waals surface area contributed by atoms with E-state index in [9.17, 15) is 9.59 Å². The minimum Gasteiger partial charge on any atom is -0.352 e. The van der Waals surface area contributed by atoms with Crippen LogP contribution in [-0.2, 0) is 11.3 Å². The number of piperidine rings is 1. The van der Waals surface area contributed by atoms with Crippen molar-refractivity contribution in [3.8, 4) is 11.3 Å². The molecule has 0 bridgehead atoms. The number of H-pyrrole nitrogens is 1. The molecule has 148 valence electrons. The minimum absolute atomic E-state index is 0.0562. The lowest BCUT2D eigenvalue weighted by molar-refractivity contribution is -0.126. The van der Waals surface area contributed by atoms with E-state index in [1.807, 2.05) is 42.5 Å². The van der Waals surface area contributed by atoms with E-state index in [-0.39, 0.29) is 17.7 Å². The van der Waals surface area contributed by atoms with Gasteiger partial charge in [-0.3, -0.25) is 19.7 Å². The van der Waals surface area contributed by atoms with Gasteiger partial charge in [-0.05, 0) is 36.6 Å². The number of rotatable bonds is 5. The first-order valence-electron chi connectivity index (χ1n) is 9.77. The molecule has 7 heteroatoms. The van der Waals surface area contributed by atoms with Crippen LogP contribution in [0.15, 0.2) is 60.9 Å². The second-order valence-corrected chi connectivity index (χ2v) is 7.17. The number of aromatic nitrogens is 3. The number of carbonyl (C=O) groups excluding carboxylic acids is 2. The van der Waals surface area contributed by atoms with Crippen molar-refractivity contribution in [3.63, 3.8) is 0 Å². The highest BCUT2D eigenvalue weighted by Gasteiger charge is 2.28. The first-order chi connectivity index (χ1) is 14.2. The van der Waals surface area contributed by atoms with E-state index in [0.717, 1.165) is 16.8 Å². The van der Waals surface area contributed by atoms with Crippen molar-refractivity contribution in [2.75, 3.05) is 13.1 Å². The Morgan fingerprint density at radius 2 is 1.79 bits per heavy atom. The van der Waals surface area contributed by atoms with E-state index in [1.54, 1.807) is 23.4 Å². The molecule has 1 fully saturated rings. The monoisotopic (exact) mass is 389 g/mol. The van der Waals surface area contributed by atoms with Gasteiger partial charge in [-0.25, -0.2) is 0 Å². The Labute approximate surface area is 169 Å². The summed E-state index contributed by atoms with van der Waals surface area (Å²) in [6.07, 6.45) is 4.72. The van der Waals surface area contributed by atoms with Crippen LogP contribution < -0.4 is 5.32 Å². The fourth-order valence-corrected chi connectivity index (χ4v) is 3.55. The summed E-state index contributed by atoms with van der Waals surface area (Å²) in [6, 6.07) is 15.3. The molecule has 3 aromatic rings. The Morgan fingerprint density at radius 1 is 1.07 bits per heavy atom. The van der Waals surface area contributed by atoms with E-state index in [1.165, 1.54) is 0 Å². The number of nitrogens with zero attached hydrogens (tertiary/aromatic N) is 3. The highest BCUT2D eigenvalue weighted by atomic mass is 16.2. The first-order valence-corrected chi connectivity index (χ1v) is 9.77. The van der Waals surface area contributed by atoms with Gasteiger partial charge in [-0.1, -0.05) is 30.3 Å². The number of nitrogens with one attached hydrogen (secondary N) is 2. The van der Waals surface area contributed by atoms with Gasteiger partial charge in [-0.15, -0.1) is 0 Å². The lowest BCUT2D eigenvalue weighted by atomic mass is 9.95. The van der Waals surface area contributed by atoms with Crippen LogP contribution in [0.3, 0.4) is 0 Å². The summed E-state index contributed by atoms with van der Waals surface area (Å²) < 4.78 is 0. The molecule has 29 heavy (non-hydrogen) atoms. The van der Waals surface area contributed by atoms with Gasteiger partial charge in [0.15, 0.2) is 5.69 Å². The normalized spacial score (nSPS) is 14.6. The van der Waals surface area contributed by atoms with Gasteiger partial charge in [0.1, 0.15) is 0 Å².